The molecular formula is C11H14N4OS. The molecule has 6 heteroatoms. The van der Waals surface area contributed by atoms with Gasteiger partial charge < -0.3 is 10.2 Å². The summed E-state index contributed by atoms with van der Waals surface area (Å²) in [4.78, 5) is 19.5. The van der Waals surface area contributed by atoms with Crippen molar-refractivity contribution in [2.24, 2.45) is 4.99 Å². The smallest absolute Gasteiger partial charge is 0.277 e. The zero-order chi connectivity index (χ0) is 11.7. The van der Waals surface area contributed by atoms with Crippen molar-refractivity contribution >= 4 is 23.6 Å². The van der Waals surface area contributed by atoms with Gasteiger partial charge in [-0.25, -0.2) is 4.99 Å². The molecule has 0 aromatic carbocycles. The molecule has 3 aliphatic heterocycles. The molecule has 3 aliphatic rings. The first-order valence-corrected chi connectivity index (χ1v) is 6.63. The Kier molecular flexibility index (Phi) is 2.90. The SMILES string of the molecule is O=C1NC(N2CCNCC2)=N/C1=C1/CC=CS1. The Morgan fingerprint density at radius 2 is 2.18 bits per heavy atom. The van der Waals surface area contributed by atoms with Crippen LogP contribution in [-0.4, -0.2) is 42.9 Å². The van der Waals surface area contributed by atoms with Gasteiger partial charge in [0.15, 0.2) is 0 Å². The summed E-state index contributed by atoms with van der Waals surface area (Å²) in [7, 11) is 0. The van der Waals surface area contributed by atoms with E-state index in [2.05, 4.69) is 26.6 Å². The number of rotatable bonds is 0. The van der Waals surface area contributed by atoms with E-state index in [9.17, 15) is 4.79 Å². The average molecular weight is 250 g/mol. The van der Waals surface area contributed by atoms with E-state index >= 15 is 0 Å². The number of piperazine rings is 1. The van der Waals surface area contributed by atoms with Gasteiger partial charge in [-0.1, -0.05) is 6.08 Å². The number of thioether (sulfide) groups is 1. The van der Waals surface area contributed by atoms with Crippen molar-refractivity contribution in [2.75, 3.05) is 26.2 Å². The van der Waals surface area contributed by atoms with E-state index in [4.69, 9.17) is 0 Å². The maximum Gasteiger partial charge on any atom is 0.277 e. The van der Waals surface area contributed by atoms with Gasteiger partial charge in [0.05, 0.1) is 0 Å². The number of nitrogens with zero attached hydrogens (tertiary/aromatic N) is 2. The molecule has 1 fully saturated rings. The molecular weight excluding hydrogens is 236 g/mol. The van der Waals surface area contributed by atoms with Gasteiger partial charge in [-0.15, -0.1) is 11.8 Å². The normalized spacial score (nSPS) is 28.6. The van der Waals surface area contributed by atoms with Crippen LogP contribution in [0, 0.1) is 0 Å². The molecule has 5 nitrogen and oxygen atoms in total. The van der Waals surface area contributed by atoms with Crippen molar-refractivity contribution in [3.05, 3.63) is 22.1 Å². The van der Waals surface area contributed by atoms with E-state index in [-0.39, 0.29) is 5.91 Å². The van der Waals surface area contributed by atoms with Crippen LogP contribution in [0.4, 0.5) is 0 Å². The van der Waals surface area contributed by atoms with Crippen LogP contribution in [-0.2, 0) is 4.79 Å². The fourth-order valence-corrected chi connectivity index (χ4v) is 2.85. The highest BCUT2D eigenvalue weighted by atomic mass is 32.2. The second kappa shape index (κ2) is 4.54. The predicted octanol–water partition coefficient (Wildman–Crippen LogP) is 0.240. The third-order valence-corrected chi connectivity index (χ3v) is 3.92. The molecule has 3 heterocycles. The number of nitrogens with one attached hydrogen (secondary N) is 2. The molecule has 0 aromatic rings. The molecule has 1 amide bonds. The van der Waals surface area contributed by atoms with Crippen LogP contribution in [0.2, 0.25) is 0 Å². The summed E-state index contributed by atoms with van der Waals surface area (Å²) < 4.78 is 0. The Labute approximate surface area is 104 Å². The minimum Gasteiger partial charge on any atom is -0.340 e. The first-order valence-electron chi connectivity index (χ1n) is 5.75. The molecule has 0 bridgehead atoms. The predicted molar refractivity (Wildman–Crippen MR) is 68.4 cm³/mol. The van der Waals surface area contributed by atoms with E-state index < -0.39 is 0 Å². The minimum atomic E-state index is -0.0651. The van der Waals surface area contributed by atoms with E-state index in [0.29, 0.717) is 11.7 Å². The number of amides is 1. The van der Waals surface area contributed by atoms with Gasteiger partial charge in [0.1, 0.15) is 5.70 Å². The Bertz CT molecular complexity index is 425. The highest BCUT2D eigenvalue weighted by Crippen LogP contribution is 2.32. The van der Waals surface area contributed by atoms with Gasteiger partial charge in [0.2, 0.25) is 5.96 Å². The average Bonchev–Trinajstić information content (AvgIpc) is 2.99. The third-order valence-electron chi connectivity index (χ3n) is 2.95. The monoisotopic (exact) mass is 250 g/mol. The molecule has 0 aliphatic carbocycles. The standard InChI is InChI=1S/C11H14N4OS/c16-10-9(8-2-1-7-17-8)13-11(14-10)15-5-3-12-4-6-15/h1,7,12H,2-6H2,(H,13,14,16)/b9-8-. The maximum atomic E-state index is 11.8. The number of carbonyl (C=O) groups is 1. The number of carbonyl (C=O) groups excluding carboxylic acids is 1. The van der Waals surface area contributed by atoms with Crippen LogP contribution in [0.3, 0.4) is 0 Å². The maximum absolute atomic E-state index is 11.8. The largest absolute Gasteiger partial charge is 0.340 e. The highest BCUT2D eigenvalue weighted by molar-refractivity contribution is 8.06. The zero-order valence-electron chi connectivity index (χ0n) is 9.40. The summed E-state index contributed by atoms with van der Waals surface area (Å²) in [6, 6.07) is 0. The summed E-state index contributed by atoms with van der Waals surface area (Å²) in [6.45, 7) is 3.68. The van der Waals surface area contributed by atoms with Crippen molar-refractivity contribution in [2.45, 2.75) is 6.42 Å². The molecule has 0 atom stereocenters. The molecule has 17 heavy (non-hydrogen) atoms. The van der Waals surface area contributed by atoms with Crippen LogP contribution >= 0.6 is 11.8 Å². The Morgan fingerprint density at radius 1 is 1.35 bits per heavy atom. The lowest BCUT2D eigenvalue weighted by Crippen LogP contribution is -2.50. The van der Waals surface area contributed by atoms with Gasteiger partial charge in [-0.05, 0) is 11.8 Å². The van der Waals surface area contributed by atoms with Crippen molar-refractivity contribution in [1.29, 1.82) is 0 Å². The lowest BCUT2D eigenvalue weighted by atomic mass is 10.3. The van der Waals surface area contributed by atoms with Crippen LogP contribution in [0.15, 0.2) is 27.1 Å². The topological polar surface area (TPSA) is 56.7 Å². The summed E-state index contributed by atoms with van der Waals surface area (Å²) in [5.74, 6) is 0.649. The van der Waals surface area contributed by atoms with Gasteiger partial charge in [0.25, 0.3) is 5.91 Å². The van der Waals surface area contributed by atoms with Gasteiger partial charge >= 0.3 is 0 Å². The first kappa shape index (κ1) is 10.9. The van der Waals surface area contributed by atoms with E-state index in [1.165, 1.54) is 0 Å². The highest BCUT2D eigenvalue weighted by Gasteiger charge is 2.28. The third kappa shape index (κ3) is 2.10. The molecule has 0 spiro atoms. The second-order valence-electron chi connectivity index (χ2n) is 4.09. The van der Waals surface area contributed by atoms with Gasteiger partial charge in [-0.3, -0.25) is 10.1 Å². The Hall–Kier alpha value is -1.27. The van der Waals surface area contributed by atoms with E-state index in [1.807, 2.05) is 5.41 Å². The lowest BCUT2D eigenvalue weighted by molar-refractivity contribution is -0.115. The molecule has 0 radical (unpaired) electrons. The summed E-state index contributed by atoms with van der Waals surface area (Å²) >= 11 is 1.59. The molecule has 0 unspecified atom stereocenters. The molecule has 1 saturated heterocycles. The Morgan fingerprint density at radius 3 is 2.88 bits per heavy atom. The molecule has 0 aromatic heterocycles. The van der Waals surface area contributed by atoms with Crippen molar-refractivity contribution in [3.8, 4) is 0 Å². The van der Waals surface area contributed by atoms with Crippen molar-refractivity contribution in [1.82, 2.24) is 15.5 Å². The van der Waals surface area contributed by atoms with E-state index in [0.717, 1.165) is 37.5 Å². The van der Waals surface area contributed by atoms with Crippen LogP contribution in [0.5, 0.6) is 0 Å². The van der Waals surface area contributed by atoms with Crippen molar-refractivity contribution in [3.63, 3.8) is 0 Å². The van der Waals surface area contributed by atoms with Crippen LogP contribution < -0.4 is 10.6 Å². The number of aliphatic imine (C=N–C) groups is 1. The first-order chi connectivity index (χ1) is 8.34. The number of guanidine groups is 1. The fraction of sp³-hybridized carbons (Fsp3) is 0.455. The van der Waals surface area contributed by atoms with Crippen LogP contribution in [0.25, 0.3) is 0 Å². The molecule has 2 N–H and O–H groups in total. The molecule has 3 rings (SSSR count). The molecule has 90 valence electrons. The van der Waals surface area contributed by atoms with E-state index in [1.54, 1.807) is 11.8 Å². The Balaban J connectivity index is 1.81. The second-order valence-corrected chi connectivity index (χ2v) is 5.09. The van der Waals surface area contributed by atoms with Gasteiger partial charge in [-0.2, -0.15) is 0 Å². The quantitative estimate of drug-likeness (QED) is 0.605. The summed E-state index contributed by atoms with van der Waals surface area (Å²) in [5, 5.41) is 8.15. The fourth-order valence-electron chi connectivity index (χ4n) is 2.05. The van der Waals surface area contributed by atoms with Crippen molar-refractivity contribution < 1.29 is 4.79 Å². The summed E-state index contributed by atoms with van der Waals surface area (Å²) in [6.07, 6.45) is 2.88. The zero-order valence-corrected chi connectivity index (χ0v) is 10.2. The molecule has 0 saturated carbocycles. The van der Waals surface area contributed by atoms with Crippen LogP contribution in [0.1, 0.15) is 6.42 Å². The number of hydrogen-bond acceptors (Lipinski definition) is 5. The number of hydrogen-bond donors (Lipinski definition) is 2. The number of allylic oxidation sites excluding steroid dienone is 2. The van der Waals surface area contributed by atoms with Gasteiger partial charge in [0, 0.05) is 31.1 Å². The summed E-state index contributed by atoms with van der Waals surface area (Å²) in [5.41, 5.74) is 0.591. The lowest BCUT2D eigenvalue weighted by Gasteiger charge is -2.28. The minimum absolute atomic E-state index is 0.0651.